The smallest absolute Gasteiger partial charge is 0.244 e. The monoisotopic (exact) mass is 327 g/mol. The van der Waals surface area contributed by atoms with E-state index in [9.17, 15) is 10.2 Å². The summed E-state index contributed by atoms with van der Waals surface area (Å²) in [6.45, 7) is 13.7. The Labute approximate surface area is 140 Å². The number of aliphatic hydroxyl groups is 2. The van der Waals surface area contributed by atoms with Gasteiger partial charge in [-0.05, 0) is 36.9 Å². The second kappa shape index (κ2) is 6.81. The van der Waals surface area contributed by atoms with Crippen LogP contribution < -0.4 is 0 Å². The van der Waals surface area contributed by atoms with E-state index in [1.165, 1.54) is 0 Å². The number of likely N-dealkylation sites (N-methyl/N-ethyl adjacent to an activating group) is 1. The summed E-state index contributed by atoms with van der Waals surface area (Å²) >= 11 is 0. The Hall–Kier alpha value is -0.460. The summed E-state index contributed by atoms with van der Waals surface area (Å²) in [5.74, 6) is -3.36. The average molecular weight is 327 g/mol. The summed E-state index contributed by atoms with van der Waals surface area (Å²) in [5, 5.41) is 21.2. The molecule has 1 aliphatic heterocycles. The number of rotatable bonds is 5. The van der Waals surface area contributed by atoms with Gasteiger partial charge in [-0.2, -0.15) is 0 Å². The molecule has 2 aliphatic rings. The van der Waals surface area contributed by atoms with E-state index in [4.69, 9.17) is 9.47 Å². The summed E-state index contributed by atoms with van der Waals surface area (Å²) in [6.07, 6.45) is 4.88. The van der Waals surface area contributed by atoms with E-state index in [1.807, 2.05) is 6.08 Å². The maximum absolute atomic E-state index is 10.6. The Kier molecular flexibility index (Phi) is 5.58. The normalized spacial score (nSPS) is 33.7. The van der Waals surface area contributed by atoms with E-state index in [0.29, 0.717) is 6.61 Å². The highest BCUT2D eigenvalue weighted by atomic mass is 16.8. The molecule has 0 aromatic carbocycles. The second-order valence-corrected chi connectivity index (χ2v) is 7.96. The van der Waals surface area contributed by atoms with Gasteiger partial charge < -0.3 is 24.6 Å². The Bertz CT molecular complexity index is 429. The van der Waals surface area contributed by atoms with Crippen molar-refractivity contribution in [1.29, 1.82) is 0 Å². The summed E-state index contributed by atoms with van der Waals surface area (Å²) in [4.78, 5) is 2.30. The third-order valence-corrected chi connectivity index (χ3v) is 5.00. The van der Waals surface area contributed by atoms with Gasteiger partial charge in [-0.15, -0.1) is 0 Å². The van der Waals surface area contributed by atoms with Gasteiger partial charge in [-0.1, -0.05) is 40.7 Å². The zero-order valence-electron chi connectivity index (χ0n) is 15.2. The molecule has 0 bridgehead atoms. The first-order valence-corrected chi connectivity index (χ1v) is 8.82. The summed E-state index contributed by atoms with van der Waals surface area (Å²) in [5.41, 5.74) is -0.0348. The van der Waals surface area contributed by atoms with Gasteiger partial charge >= 0.3 is 0 Å². The minimum absolute atomic E-state index is 0.0348. The largest absolute Gasteiger partial charge is 0.361 e. The van der Waals surface area contributed by atoms with Crippen LogP contribution in [-0.4, -0.2) is 59.0 Å². The lowest BCUT2D eigenvalue weighted by atomic mass is 9.72. The van der Waals surface area contributed by atoms with Crippen molar-refractivity contribution in [2.45, 2.75) is 65.1 Å². The maximum Gasteiger partial charge on any atom is 0.244 e. The molecule has 0 saturated carbocycles. The van der Waals surface area contributed by atoms with Gasteiger partial charge in [-0.3, -0.25) is 0 Å². The van der Waals surface area contributed by atoms with E-state index >= 15 is 0 Å². The van der Waals surface area contributed by atoms with Crippen molar-refractivity contribution < 1.29 is 19.7 Å². The van der Waals surface area contributed by atoms with Crippen LogP contribution in [0.3, 0.4) is 0 Å². The molecule has 1 heterocycles. The van der Waals surface area contributed by atoms with Crippen molar-refractivity contribution >= 4 is 0 Å². The predicted molar refractivity (Wildman–Crippen MR) is 89.8 cm³/mol. The molecular formula is C18H33NO4. The van der Waals surface area contributed by atoms with Crippen LogP contribution in [0.25, 0.3) is 0 Å². The van der Waals surface area contributed by atoms with Crippen LogP contribution in [0.15, 0.2) is 12.2 Å². The molecule has 23 heavy (non-hydrogen) atoms. The standard InChI is InChI=1S/C18H33NO4/c1-6-10-19(7-2)12-15-13-22-18(23-15)9-8-14(16(3,4)5)11-17(18,20)21/h8-9,14-15,20-21H,6-7,10-13H2,1-5H3. The third-order valence-electron chi connectivity index (χ3n) is 5.00. The molecule has 1 fully saturated rings. The number of hydrogen-bond donors (Lipinski definition) is 2. The lowest BCUT2D eigenvalue weighted by Crippen LogP contribution is -2.58. The molecule has 2 N–H and O–H groups in total. The van der Waals surface area contributed by atoms with Crippen LogP contribution in [0.4, 0.5) is 0 Å². The van der Waals surface area contributed by atoms with Crippen LogP contribution in [0.1, 0.15) is 47.5 Å². The molecule has 5 nitrogen and oxygen atoms in total. The molecule has 3 unspecified atom stereocenters. The van der Waals surface area contributed by atoms with Crippen molar-refractivity contribution in [3.63, 3.8) is 0 Å². The quantitative estimate of drug-likeness (QED) is 0.598. The molecule has 1 aliphatic carbocycles. The Morgan fingerprint density at radius 1 is 1.26 bits per heavy atom. The van der Waals surface area contributed by atoms with Crippen molar-refractivity contribution in [3.05, 3.63) is 12.2 Å². The fourth-order valence-corrected chi connectivity index (χ4v) is 3.39. The van der Waals surface area contributed by atoms with Crippen LogP contribution in [0.5, 0.6) is 0 Å². The van der Waals surface area contributed by atoms with Gasteiger partial charge in [0.15, 0.2) is 0 Å². The first-order valence-electron chi connectivity index (χ1n) is 8.82. The highest BCUT2D eigenvalue weighted by molar-refractivity contribution is 5.15. The molecule has 1 saturated heterocycles. The van der Waals surface area contributed by atoms with Gasteiger partial charge in [0.2, 0.25) is 11.6 Å². The van der Waals surface area contributed by atoms with Crippen molar-refractivity contribution in [2.24, 2.45) is 11.3 Å². The molecule has 2 rings (SSSR count). The molecule has 0 aromatic rings. The number of allylic oxidation sites excluding steroid dienone is 1. The molecule has 134 valence electrons. The van der Waals surface area contributed by atoms with Gasteiger partial charge in [-0.25, -0.2) is 0 Å². The van der Waals surface area contributed by atoms with Gasteiger partial charge in [0.05, 0.1) is 12.7 Å². The van der Waals surface area contributed by atoms with E-state index in [1.54, 1.807) is 6.08 Å². The van der Waals surface area contributed by atoms with E-state index < -0.39 is 11.6 Å². The first kappa shape index (κ1) is 18.9. The van der Waals surface area contributed by atoms with Crippen molar-refractivity contribution in [1.82, 2.24) is 4.90 Å². The molecule has 1 spiro atoms. The molecule has 0 aromatic heterocycles. The van der Waals surface area contributed by atoms with E-state index in [-0.39, 0.29) is 23.9 Å². The fourth-order valence-electron chi connectivity index (χ4n) is 3.39. The Morgan fingerprint density at radius 3 is 2.48 bits per heavy atom. The average Bonchev–Trinajstić information content (AvgIpc) is 2.85. The number of nitrogens with zero attached hydrogens (tertiary/aromatic N) is 1. The van der Waals surface area contributed by atoms with Crippen molar-refractivity contribution in [3.8, 4) is 0 Å². The Morgan fingerprint density at radius 2 is 1.96 bits per heavy atom. The topological polar surface area (TPSA) is 62.2 Å². The highest BCUT2D eigenvalue weighted by Gasteiger charge is 2.58. The summed E-state index contributed by atoms with van der Waals surface area (Å²) in [7, 11) is 0. The van der Waals surface area contributed by atoms with Crippen LogP contribution in [0.2, 0.25) is 0 Å². The first-order chi connectivity index (χ1) is 10.6. The highest BCUT2D eigenvalue weighted by Crippen LogP contribution is 2.46. The van der Waals surface area contributed by atoms with Crippen LogP contribution >= 0.6 is 0 Å². The molecule has 5 heteroatoms. The lowest BCUT2D eigenvalue weighted by molar-refractivity contribution is -0.343. The van der Waals surface area contributed by atoms with Gasteiger partial charge in [0.25, 0.3) is 0 Å². The third kappa shape index (κ3) is 3.97. The minimum Gasteiger partial charge on any atom is -0.361 e. The van der Waals surface area contributed by atoms with Crippen LogP contribution in [0, 0.1) is 11.3 Å². The van der Waals surface area contributed by atoms with E-state index in [2.05, 4.69) is 39.5 Å². The number of hydrogen-bond acceptors (Lipinski definition) is 5. The SMILES string of the molecule is CCCN(CC)CC1COC2(C=CC(C(C)(C)C)CC2(O)O)O1. The second-order valence-electron chi connectivity index (χ2n) is 7.96. The molecule has 3 atom stereocenters. The zero-order chi connectivity index (χ0) is 17.3. The molecule has 0 amide bonds. The lowest BCUT2D eigenvalue weighted by Gasteiger charge is -2.44. The van der Waals surface area contributed by atoms with Crippen molar-refractivity contribution in [2.75, 3.05) is 26.2 Å². The minimum atomic E-state index is -2.00. The summed E-state index contributed by atoms with van der Waals surface area (Å²) in [6, 6.07) is 0. The maximum atomic E-state index is 10.6. The van der Waals surface area contributed by atoms with Crippen LogP contribution in [-0.2, 0) is 9.47 Å². The molecular weight excluding hydrogens is 294 g/mol. The fraction of sp³-hybridized carbons (Fsp3) is 0.889. The Balaban J connectivity index is 2.08. The van der Waals surface area contributed by atoms with Gasteiger partial charge in [0, 0.05) is 13.0 Å². The zero-order valence-corrected chi connectivity index (χ0v) is 15.2. The van der Waals surface area contributed by atoms with Gasteiger partial charge in [0.1, 0.15) is 0 Å². The van der Waals surface area contributed by atoms with E-state index in [0.717, 1.165) is 26.1 Å². The predicted octanol–water partition coefficient (Wildman–Crippen LogP) is 2.13. The summed E-state index contributed by atoms with van der Waals surface area (Å²) < 4.78 is 11.8. The molecule has 0 radical (unpaired) electrons. The number of ether oxygens (including phenoxy) is 2.